The molecule has 182 valence electrons. The third-order valence-electron chi connectivity index (χ3n) is 5.61. The van der Waals surface area contributed by atoms with E-state index in [0.717, 1.165) is 33.1 Å². The molecular weight excluding hydrogens is 490 g/mol. The van der Waals surface area contributed by atoms with Crippen molar-refractivity contribution in [1.82, 2.24) is 25.1 Å². The molecule has 36 heavy (non-hydrogen) atoms. The van der Waals surface area contributed by atoms with E-state index in [0.29, 0.717) is 22.8 Å². The number of halogens is 2. The molecule has 1 N–H and O–H groups in total. The monoisotopic (exact) mass is 508 g/mol. The van der Waals surface area contributed by atoms with Crippen molar-refractivity contribution in [1.29, 1.82) is 0 Å². The van der Waals surface area contributed by atoms with Crippen LogP contribution in [-0.2, 0) is 10.0 Å². The van der Waals surface area contributed by atoms with Crippen LogP contribution in [0.2, 0.25) is 0 Å². The third-order valence-corrected chi connectivity index (χ3v) is 7.41. The Balaban J connectivity index is 1.60. The Kier molecular flexibility index (Phi) is 5.80. The lowest BCUT2D eigenvalue weighted by molar-refractivity contribution is 0.399. The number of hydrogen-bond donors (Lipinski definition) is 1. The van der Waals surface area contributed by atoms with Crippen LogP contribution in [0.1, 0.15) is 0 Å². The lowest BCUT2D eigenvalue weighted by atomic mass is 10.1. The molecule has 0 fully saturated rings. The number of fused-ring (bicyclic) bond motifs is 1. The molecule has 0 aliphatic carbocycles. The van der Waals surface area contributed by atoms with Gasteiger partial charge in [0.2, 0.25) is 5.88 Å². The smallest absolute Gasteiger partial charge is 0.267 e. The Morgan fingerprint density at radius 1 is 0.944 bits per heavy atom. The maximum atomic E-state index is 14.3. The number of ether oxygens (including phenoxy) is 1. The van der Waals surface area contributed by atoms with Crippen LogP contribution < -0.4 is 9.04 Å². The van der Waals surface area contributed by atoms with Gasteiger partial charge in [-0.1, -0.05) is 0 Å². The van der Waals surface area contributed by atoms with Crippen molar-refractivity contribution in [2.24, 2.45) is 0 Å². The van der Waals surface area contributed by atoms with Crippen LogP contribution in [0.3, 0.4) is 0 Å². The predicted octanol–water partition coefficient (Wildman–Crippen LogP) is 4.19. The molecule has 0 unspecified atom stereocenters. The van der Waals surface area contributed by atoms with Gasteiger partial charge in [0.25, 0.3) is 10.0 Å². The van der Waals surface area contributed by atoms with Gasteiger partial charge in [-0.25, -0.2) is 27.2 Å². The first-order valence-corrected chi connectivity index (χ1v) is 12.0. The van der Waals surface area contributed by atoms with E-state index in [-0.39, 0.29) is 11.6 Å². The molecule has 4 aromatic heterocycles. The number of aromatic nitrogens is 5. The van der Waals surface area contributed by atoms with E-state index in [1.807, 2.05) is 18.2 Å². The molecule has 9 nitrogen and oxygen atoms in total. The largest absolute Gasteiger partial charge is 0.479 e. The molecule has 0 spiro atoms. The summed E-state index contributed by atoms with van der Waals surface area (Å²) in [7, 11) is -1.83. The van der Waals surface area contributed by atoms with Crippen molar-refractivity contribution in [3.05, 3.63) is 78.9 Å². The summed E-state index contributed by atoms with van der Waals surface area (Å²) in [5.41, 5.74) is 3.33. The second kappa shape index (κ2) is 8.96. The van der Waals surface area contributed by atoms with Gasteiger partial charge in [0.1, 0.15) is 22.2 Å². The summed E-state index contributed by atoms with van der Waals surface area (Å²) >= 11 is 0. The number of anilines is 1. The molecule has 0 radical (unpaired) electrons. The lowest BCUT2D eigenvalue weighted by Crippen LogP contribution is -2.28. The van der Waals surface area contributed by atoms with Crippen molar-refractivity contribution in [3.8, 4) is 28.3 Å². The first-order valence-electron chi connectivity index (χ1n) is 10.5. The number of H-pyrrole nitrogens is 1. The van der Waals surface area contributed by atoms with Crippen molar-refractivity contribution in [2.75, 3.05) is 18.5 Å². The molecule has 0 saturated heterocycles. The Labute approximate surface area is 204 Å². The van der Waals surface area contributed by atoms with Crippen LogP contribution in [0.5, 0.6) is 5.88 Å². The molecular formula is C24H18F2N6O3S. The second-order valence-corrected chi connectivity index (χ2v) is 9.67. The highest BCUT2D eigenvalue weighted by atomic mass is 32.2. The van der Waals surface area contributed by atoms with Crippen molar-refractivity contribution < 1.29 is 21.9 Å². The number of pyridine rings is 3. The summed E-state index contributed by atoms with van der Waals surface area (Å²) < 4.78 is 60.1. The number of hydrogen-bond acceptors (Lipinski definition) is 7. The Morgan fingerprint density at radius 2 is 1.67 bits per heavy atom. The maximum absolute atomic E-state index is 14.3. The molecule has 4 heterocycles. The number of benzene rings is 1. The minimum absolute atomic E-state index is 0.00201. The van der Waals surface area contributed by atoms with E-state index >= 15 is 0 Å². The standard InChI is InChI=1S/C24H18F2N6O3S/c1-32(36(33,34)21-4-3-17(25)11-19(21)26)20-10-16(13-29-24(20)35-2)15-9-18-22(14-5-7-27-8-6-14)30-31-23(18)28-12-15/h3-13H,1-2H3,(H,28,30,31). The van der Waals surface area contributed by atoms with E-state index in [4.69, 9.17) is 4.74 Å². The normalized spacial score (nSPS) is 11.6. The average Bonchev–Trinajstić information content (AvgIpc) is 3.31. The van der Waals surface area contributed by atoms with Crippen molar-refractivity contribution >= 4 is 26.7 Å². The highest BCUT2D eigenvalue weighted by molar-refractivity contribution is 7.92. The summed E-state index contributed by atoms with van der Waals surface area (Å²) in [6.07, 6.45) is 6.43. The number of rotatable bonds is 6. The number of aromatic amines is 1. The Hall–Kier alpha value is -4.45. The van der Waals surface area contributed by atoms with Gasteiger partial charge in [-0.2, -0.15) is 5.10 Å². The van der Waals surface area contributed by atoms with Gasteiger partial charge in [-0.05, 0) is 36.4 Å². The van der Waals surface area contributed by atoms with Crippen LogP contribution in [0.15, 0.2) is 72.1 Å². The van der Waals surface area contributed by atoms with Crippen LogP contribution in [-0.4, -0.2) is 47.7 Å². The summed E-state index contributed by atoms with van der Waals surface area (Å²) in [4.78, 5) is 12.0. The zero-order valence-corrected chi connectivity index (χ0v) is 19.8. The topological polar surface area (TPSA) is 114 Å². The van der Waals surface area contributed by atoms with Crippen LogP contribution in [0.25, 0.3) is 33.4 Å². The van der Waals surface area contributed by atoms with E-state index < -0.39 is 26.6 Å². The van der Waals surface area contributed by atoms with Gasteiger partial charge in [-0.15, -0.1) is 0 Å². The Morgan fingerprint density at radius 3 is 2.39 bits per heavy atom. The van der Waals surface area contributed by atoms with Gasteiger partial charge in [0, 0.05) is 60.0 Å². The molecule has 1 aromatic carbocycles. The lowest BCUT2D eigenvalue weighted by Gasteiger charge is -2.22. The summed E-state index contributed by atoms with van der Waals surface area (Å²) in [5.74, 6) is -2.09. The molecule has 0 aliphatic heterocycles. The first kappa shape index (κ1) is 23.3. The highest BCUT2D eigenvalue weighted by Gasteiger charge is 2.28. The molecule has 12 heteroatoms. The fourth-order valence-corrected chi connectivity index (χ4v) is 4.97. The first-order chi connectivity index (χ1) is 17.3. The molecule has 0 amide bonds. The summed E-state index contributed by atoms with van der Waals surface area (Å²) in [6, 6.07) is 9.32. The van der Waals surface area contributed by atoms with Crippen LogP contribution in [0.4, 0.5) is 14.5 Å². The van der Waals surface area contributed by atoms with Gasteiger partial charge in [-0.3, -0.25) is 14.4 Å². The summed E-state index contributed by atoms with van der Waals surface area (Å²) in [5, 5.41) is 7.96. The SMILES string of the molecule is COc1ncc(-c2cnc3n[nH]c(-c4ccncc4)c3c2)cc1N(C)S(=O)(=O)c1ccc(F)cc1F. The minimum atomic E-state index is -4.40. The summed E-state index contributed by atoms with van der Waals surface area (Å²) in [6.45, 7) is 0. The number of sulfonamides is 1. The van der Waals surface area contributed by atoms with E-state index in [1.54, 1.807) is 24.7 Å². The van der Waals surface area contributed by atoms with Crippen LogP contribution in [0, 0.1) is 11.6 Å². The molecule has 5 rings (SSSR count). The molecule has 0 aliphatic rings. The van der Waals surface area contributed by atoms with Crippen molar-refractivity contribution in [2.45, 2.75) is 4.90 Å². The van der Waals surface area contributed by atoms with Gasteiger partial charge < -0.3 is 4.74 Å². The maximum Gasteiger partial charge on any atom is 0.267 e. The van der Waals surface area contributed by atoms with E-state index in [1.165, 1.54) is 20.4 Å². The van der Waals surface area contributed by atoms with Gasteiger partial charge >= 0.3 is 0 Å². The fraction of sp³-hybridized carbons (Fsp3) is 0.0833. The molecule has 5 aromatic rings. The van der Waals surface area contributed by atoms with E-state index in [2.05, 4.69) is 25.1 Å². The molecule has 0 saturated carbocycles. The quantitative estimate of drug-likeness (QED) is 0.366. The number of nitrogens with one attached hydrogen (secondary N) is 1. The average molecular weight is 509 g/mol. The minimum Gasteiger partial charge on any atom is -0.479 e. The molecule has 0 bridgehead atoms. The van der Waals surface area contributed by atoms with Crippen LogP contribution >= 0.6 is 0 Å². The van der Waals surface area contributed by atoms with E-state index in [9.17, 15) is 17.2 Å². The zero-order valence-electron chi connectivity index (χ0n) is 19.0. The highest BCUT2D eigenvalue weighted by Crippen LogP contribution is 2.35. The van der Waals surface area contributed by atoms with Crippen molar-refractivity contribution in [3.63, 3.8) is 0 Å². The zero-order chi connectivity index (χ0) is 25.4. The second-order valence-electron chi connectivity index (χ2n) is 7.73. The van der Waals surface area contributed by atoms with Gasteiger partial charge in [0.15, 0.2) is 5.65 Å². The third kappa shape index (κ3) is 4.01. The molecule has 0 atom stereocenters. The number of methoxy groups -OCH3 is 1. The predicted molar refractivity (Wildman–Crippen MR) is 129 cm³/mol. The Bertz CT molecular complexity index is 1690. The van der Waals surface area contributed by atoms with Gasteiger partial charge in [0.05, 0.1) is 12.8 Å². The number of nitrogens with zero attached hydrogens (tertiary/aromatic N) is 5. The fourth-order valence-electron chi connectivity index (χ4n) is 3.74.